The zero-order chi connectivity index (χ0) is 18.9. The number of hydrogen-bond acceptors (Lipinski definition) is 5. The predicted molar refractivity (Wildman–Crippen MR) is 102 cm³/mol. The first-order chi connectivity index (χ1) is 13.1. The Bertz CT molecular complexity index is 876. The van der Waals surface area contributed by atoms with Crippen LogP contribution in [-0.4, -0.2) is 43.8 Å². The van der Waals surface area contributed by atoms with Gasteiger partial charge in [0.05, 0.1) is 30.2 Å². The summed E-state index contributed by atoms with van der Waals surface area (Å²) in [7, 11) is 0. The maximum Gasteiger partial charge on any atom is 0.339 e. The summed E-state index contributed by atoms with van der Waals surface area (Å²) in [6.07, 6.45) is 0.348. The van der Waals surface area contributed by atoms with Crippen molar-refractivity contribution in [1.82, 2.24) is 0 Å². The number of nitrogens with zero attached hydrogens (tertiary/aromatic N) is 1. The molecule has 6 nitrogen and oxygen atoms in total. The van der Waals surface area contributed by atoms with Crippen molar-refractivity contribution in [2.45, 2.75) is 18.9 Å². The van der Waals surface area contributed by atoms with Gasteiger partial charge in [-0.05, 0) is 30.7 Å². The van der Waals surface area contributed by atoms with Crippen molar-refractivity contribution in [3.05, 3.63) is 59.7 Å². The van der Waals surface area contributed by atoms with Crippen LogP contribution in [0.2, 0.25) is 0 Å². The molecule has 1 atom stereocenters. The van der Waals surface area contributed by atoms with E-state index in [0.717, 1.165) is 24.3 Å². The number of nitrogens with one attached hydrogen (secondary N) is 1. The fourth-order valence-electron chi connectivity index (χ4n) is 3.57. The van der Waals surface area contributed by atoms with Crippen molar-refractivity contribution in [3.63, 3.8) is 0 Å². The molecule has 1 fully saturated rings. The van der Waals surface area contributed by atoms with Gasteiger partial charge in [0.1, 0.15) is 0 Å². The van der Waals surface area contributed by atoms with Gasteiger partial charge in [0.25, 0.3) is 5.91 Å². The van der Waals surface area contributed by atoms with Gasteiger partial charge in [0.2, 0.25) is 0 Å². The summed E-state index contributed by atoms with van der Waals surface area (Å²) in [4.78, 5) is 27.6. The number of carbonyl (C=O) groups excluding carboxylic acids is 2. The zero-order valence-electron chi connectivity index (χ0n) is 15.2. The fraction of sp³-hybridized carbons (Fsp3) is 0.333. The van der Waals surface area contributed by atoms with Gasteiger partial charge in [-0.3, -0.25) is 4.79 Å². The normalized spacial score (nSPS) is 22.0. The minimum Gasteiger partial charge on any atom is -0.445 e. The molecule has 2 aliphatic heterocycles. The molecule has 2 heterocycles. The van der Waals surface area contributed by atoms with E-state index in [1.54, 1.807) is 19.1 Å². The molecule has 6 heteroatoms. The molecule has 4 rings (SSSR count). The number of fused-ring (bicyclic) bond motifs is 1. The van der Waals surface area contributed by atoms with Crippen molar-refractivity contribution in [2.24, 2.45) is 0 Å². The monoisotopic (exact) mass is 366 g/mol. The average Bonchev–Trinajstić information content (AvgIpc) is 2.69. The van der Waals surface area contributed by atoms with Gasteiger partial charge >= 0.3 is 5.97 Å². The van der Waals surface area contributed by atoms with Crippen LogP contribution in [0.4, 0.5) is 11.4 Å². The molecular weight excluding hydrogens is 344 g/mol. The summed E-state index contributed by atoms with van der Waals surface area (Å²) >= 11 is 0. The van der Waals surface area contributed by atoms with E-state index in [4.69, 9.17) is 9.47 Å². The highest BCUT2D eigenvalue weighted by atomic mass is 16.6. The molecule has 0 unspecified atom stereocenters. The molecule has 0 spiro atoms. The van der Waals surface area contributed by atoms with E-state index in [2.05, 4.69) is 10.2 Å². The molecule has 1 N–H and O–H groups in total. The SMILES string of the molecule is C[C@]1(C(=O)Nc2ccccc2N2CCOCC2)Cc2ccccc2C(=O)O1. The lowest BCUT2D eigenvalue weighted by Crippen LogP contribution is -2.49. The molecule has 0 aromatic heterocycles. The maximum atomic E-state index is 13.0. The Kier molecular flexibility index (Phi) is 4.58. The van der Waals surface area contributed by atoms with Crippen LogP contribution in [0.3, 0.4) is 0 Å². The summed E-state index contributed by atoms with van der Waals surface area (Å²) in [6.45, 7) is 4.52. The lowest BCUT2D eigenvalue weighted by Gasteiger charge is -2.34. The second-order valence-corrected chi connectivity index (χ2v) is 7.02. The third-order valence-corrected chi connectivity index (χ3v) is 5.07. The number of amides is 1. The highest BCUT2D eigenvalue weighted by Crippen LogP contribution is 2.31. The van der Waals surface area contributed by atoms with Crippen LogP contribution in [0.1, 0.15) is 22.8 Å². The molecule has 0 radical (unpaired) electrons. The molecular formula is C21H22N2O4. The quantitative estimate of drug-likeness (QED) is 0.846. The number of cyclic esters (lactones) is 1. The third-order valence-electron chi connectivity index (χ3n) is 5.07. The summed E-state index contributed by atoms with van der Waals surface area (Å²) in [5.41, 5.74) is 1.76. The van der Waals surface area contributed by atoms with E-state index < -0.39 is 11.6 Å². The standard InChI is InChI=1S/C21H22N2O4/c1-21(14-15-6-2-3-7-16(15)19(24)27-21)20(25)22-17-8-4-5-9-18(17)23-10-12-26-13-11-23/h2-9H,10-14H2,1H3,(H,22,25)/t21-/m1/s1. The van der Waals surface area contributed by atoms with Crippen LogP contribution >= 0.6 is 0 Å². The third kappa shape index (κ3) is 3.40. The summed E-state index contributed by atoms with van der Waals surface area (Å²) in [6, 6.07) is 14.9. The van der Waals surface area contributed by atoms with Gasteiger partial charge in [-0.25, -0.2) is 4.79 Å². The first kappa shape index (κ1) is 17.5. The lowest BCUT2D eigenvalue weighted by atomic mass is 9.89. The largest absolute Gasteiger partial charge is 0.445 e. The van der Waals surface area contributed by atoms with Crippen molar-refractivity contribution < 1.29 is 19.1 Å². The van der Waals surface area contributed by atoms with E-state index in [1.165, 1.54) is 0 Å². The number of morpholine rings is 1. The van der Waals surface area contributed by atoms with Crippen LogP contribution in [0.15, 0.2) is 48.5 Å². The number of rotatable bonds is 3. The fourth-order valence-corrected chi connectivity index (χ4v) is 3.57. The Labute approximate surface area is 158 Å². The first-order valence-corrected chi connectivity index (χ1v) is 9.11. The predicted octanol–water partition coefficient (Wildman–Crippen LogP) is 2.63. The zero-order valence-corrected chi connectivity index (χ0v) is 15.2. The number of para-hydroxylation sites is 2. The van der Waals surface area contributed by atoms with Crippen LogP contribution in [0.5, 0.6) is 0 Å². The number of anilines is 2. The Morgan fingerprint density at radius 1 is 1.07 bits per heavy atom. The number of benzene rings is 2. The first-order valence-electron chi connectivity index (χ1n) is 9.11. The van der Waals surface area contributed by atoms with E-state index in [1.807, 2.05) is 36.4 Å². The average molecular weight is 366 g/mol. The highest BCUT2D eigenvalue weighted by molar-refractivity contribution is 6.03. The van der Waals surface area contributed by atoms with E-state index in [0.29, 0.717) is 30.9 Å². The van der Waals surface area contributed by atoms with Crippen molar-refractivity contribution in [3.8, 4) is 0 Å². The Hall–Kier alpha value is -2.86. The van der Waals surface area contributed by atoms with Crippen LogP contribution in [0.25, 0.3) is 0 Å². The molecule has 140 valence electrons. The van der Waals surface area contributed by atoms with Crippen LogP contribution in [0, 0.1) is 0 Å². The van der Waals surface area contributed by atoms with Crippen molar-refractivity contribution in [1.29, 1.82) is 0 Å². The second kappa shape index (κ2) is 7.04. The smallest absolute Gasteiger partial charge is 0.339 e. The minimum atomic E-state index is -1.25. The van der Waals surface area contributed by atoms with E-state index in [-0.39, 0.29) is 5.91 Å². The van der Waals surface area contributed by atoms with Crippen LogP contribution < -0.4 is 10.2 Å². The van der Waals surface area contributed by atoms with E-state index >= 15 is 0 Å². The molecule has 1 amide bonds. The van der Waals surface area contributed by atoms with Crippen molar-refractivity contribution in [2.75, 3.05) is 36.5 Å². The summed E-state index contributed by atoms with van der Waals surface area (Å²) in [5, 5.41) is 2.97. The molecule has 0 bridgehead atoms. The highest BCUT2D eigenvalue weighted by Gasteiger charge is 2.42. The van der Waals surface area contributed by atoms with Crippen molar-refractivity contribution >= 4 is 23.3 Å². The van der Waals surface area contributed by atoms with E-state index in [9.17, 15) is 9.59 Å². The Morgan fingerprint density at radius 3 is 2.59 bits per heavy atom. The number of ether oxygens (including phenoxy) is 2. The second-order valence-electron chi connectivity index (χ2n) is 7.02. The minimum absolute atomic E-state index is 0.328. The van der Waals surface area contributed by atoms with Gasteiger partial charge in [0.15, 0.2) is 5.60 Å². The van der Waals surface area contributed by atoms with Gasteiger partial charge in [-0.1, -0.05) is 30.3 Å². The van der Waals surface area contributed by atoms with Gasteiger partial charge in [-0.15, -0.1) is 0 Å². The number of carbonyl (C=O) groups is 2. The summed E-state index contributed by atoms with van der Waals surface area (Å²) < 4.78 is 10.9. The molecule has 1 saturated heterocycles. The van der Waals surface area contributed by atoms with Gasteiger partial charge in [-0.2, -0.15) is 0 Å². The lowest BCUT2D eigenvalue weighted by molar-refractivity contribution is -0.134. The molecule has 0 saturated carbocycles. The molecule has 27 heavy (non-hydrogen) atoms. The number of esters is 1. The van der Waals surface area contributed by atoms with Gasteiger partial charge in [0, 0.05) is 19.5 Å². The van der Waals surface area contributed by atoms with Crippen LogP contribution in [-0.2, 0) is 20.7 Å². The number of hydrogen-bond donors (Lipinski definition) is 1. The molecule has 0 aliphatic carbocycles. The van der Waals surface area contributed by atoms with Gasteiger partial charge < -0.3 is 19.7 Å². The Balaban J connectivity index is 1.57. The molecule has 2 aliphatic rings. The topological polar surface area (TPSA) is 67.9 Å². The molecule has 2 aromatic carbocycles. The summed E-state index contributed by atoms with van der Waals surface area (Å²) in [5.74, 6) is -0.790. The maximum absolute atomic E-state index is 13.0. The Morgan fingerprint density at radius 2 is 1.78 bits per heavy atom. The molecule has 2 aromatic rings.